The average molecular weight is 507 g/mol. The lowest BCUT2D eigenvalue weighted by Gasteiger charge is -2.47. The molecule has 0 bridgehead atoms. The molecule has 4 rings (SSSR count). The van der Waals surface area contributed by atoms with Gasteiger partial charge in [0.1, 0.15) is 11.4 Å². The van der Waals surface area contributed by atoms with Gasteiger partial charge in [0.2, 0.25) is 0 Å². The van der Waals surface area contributed by atoms with Gasteiger partial charge in [-0.1, -0.05) is 26.8 Å². The summed E-state index contributed by atoms with van der Waals surface area (Å²) in [7, 11) is 0. The number of likely N-dealkylation sites (tertiary alicyclic amines) is 2. The van der Waals surface area contributed by atoms with Gasteiger partial charge in [-0.15, -0.1) is 0 Å². The zero-order chi connectivity index (χ0) is 26.5. The first-order valence-corrected chi connectivity index (χ1v) is 12.7. The topological polar surface area (TPSA) is 67.8 Å². The predicted molar refractivity (Wildman–Crippen MR) is 136 cm³/mol. The molecular formula is C27H37F3N4O2. The van der Waals surface area contributed by atoms with Crippen LogP contribution in [0.4, 0.5) is 24.5 Å². The molecule has 0 radical (unpaired) electrons. The Hall–Kier alpha value is -2.62. The van der Waals surface area contributed by atoms with Gasteiger partial charge in [0.15, 0.2) is 11.6 Å². The third kappa shape index (κ3) is 6.38. The monoisotopic (exact) mass is 506 g/mol. The van der Waals surface area contributed by atoms with E-state index in [0.717, 1.165) is 38.5 Å². The van der Waals surface area contributed by atoms with Crippen molar-refractivity contribution in [2.75, 3.05) is 44.6 Å². The number of piperidine rings is 1. The normalized spacial score (nSPS) is 19.2. The highest BCUT2D eigenvalue weighted by atomic mass is 19.2. The van der Waals surface area contributed by atoms with Crippen LogP contribution < -0.4 is 10.6 Å². The van der Waals surface area contributed by atoms with Crippen LogP contribution in [0.25, 0.3) is 0 Å². The number of benzene rings is 2. The van der Waals surface area contributed by atoms with Gasteiger partial charge in [0.25, 0.3) is 5.91 Å². The highest BCUT2D eigenvalue weighted by Gasteiger charge is 2.44. The van der Waals surface area contributed by atoms with Crippen molar-refractivity contribution in [3.8, 4) is 0 Å². The molecule has 0 spiro atoms. The summed E-state index contributed by atoms with van der Waals surface area (Å²) in [5, 5.41) is 16.8. The Bertz CT molecular complexity index is 1060. The van der Waals surface area contributed by atoms with E-state index in [1.54, 1.807) is 13.0 Å². The lowest BCUT2D eigenvalue weighted by atomic mass is 9.92. The summed E-state index contributed by atoms with van der Waals surface area (Å²) in [6.07, 6.45) is 2.14. The number of β-amino-alcohol motifs (C(OH)–C–C–N with tert-alkyl or cyclic N) is 1. The van der Waals surface area contributed by atoms with Gasteiger partial charge in [-0.25, -0.2) is 13.2 Å². The molecule has 198 valence electrons. The van der Waals surface area contributed by atoms with Crippen molar-refractivity contribution in [1.29, 1.82) is 0 Å². The van der Waals surface area contributed by atoms with Gasteiger partial charge >= 0.3 is 0 Å². The van der Waals surface area contributed by atoms with Gasteiger partial charge in [-0.2, -0.15) is 0 Å². The van der Waals surface area contributed by atoms with Crippen LogP contribution in [-0.4, -0.2) is 71.7 Å². The smallest absolute Gasteiger partial charge is 0.256 e. The van der Waals surface area contributed by atoms with E-state index >= 15 is 0 Å². The van der Waals surface area contributed by atoms with E-state index in [1.807, 2.05) is 13.8 Å². The number of nitrogens with zero attached hydrogens (tertiary/aromatic N) is 2. The predicted octanol–water partition coefficient (Wildman–Crippen LogP) is 4.44. The maximum atomic E-state index is 14.7. The molecule has 2 aromatic carbocycles. The standard InChI is InChI=1S/C25H31F3N4O2.C2H6/c1-3-31-10-4-5-17(12-31)29-13-25(34)14-32(15-25)24(33)18-7-8-19(26)22(28)23(18)30-21-9-6-16(2)11-20(21)27;1-2/h6-9,11,17,29-30,34H,3-5,10,12-15H2,1-2H3;1-2H3. The minimum Gasteiger partial charge on any atom is -0.385 e. The summed E-state index contributed by atoms with van der Waals surface area (Å²) in [4.78, 5) is 16.8. The minimum absolute atomic E-state index is 0.0675. The molecule has 2 fully saturated rings. The molecule has 0 aromatic heterocycles. The zero-order valence-electron chi connectivity index (χ0n) is 21.5. The Balaban J connectivity index is 0.00000176. The summed E-state index contributed by atoms with van der Waals surface area (Å²) < 4.78 is 42.9. The second kappa shape index (κ2) is 12.1. The van der Waals surface area contributed by atoms with E-state index in [-0.39, 0.29) is 30.4 Å². The van der Waals surface area contributed by atoms with E-state index in [4.69, 9.17) is 0 Å². The van der Waals surface area contributed by atoms with E-state index in [0.29, 0.717) is 12.1 Å². The first kappa shape index (κ1) is 28.0. The molecule has 36 heavy (non-hydrogen) atoms. The van der Waals surface area contributed by atoms with Crippen molar-refractivity contribution in [3.05, 3.63) is 58.9 Å². The van der Waals surface area contributed by atoms with Crippen molar-refractivity contribution >= 4 is 17.3 Å². The Labute approximate surface area is 211 Å². The molecule has 2 aromatic rings. The fraction of sp³-hybridized carbons (Fsp3) is 0.519. The number of hydrogen-bond acceptors (Lipinski definition) is 5. The van der Waals surface area contributed by atoms with Gasteiger partial charge in [-0.05, 0) is 62.7 Å². The van der Waals surface area contributed by atoms with Crippen LogP contribution in [0.3, 0.4) is 0 Å². The second-order valence-electron chi connectivity index (χ2n) is 9.39. The number of aryl methyl sites for hydroxylation is 1. The number of halogens is 3. The molecule has 6 nitrogen and oxygen atoms in total. The number of carbonyl (C=O) groups excluding carboxylic acids is 1. The van der Waals surface area contributed by atoms with Crippen molar-refractivity contribution in [3.63, 3.8) is 0 Å². The molecule has 1 unspecified atom stereocenters. The molecule has 3 N–H and O–H groups in total. The summed E-state index contributed by atoms with van der Waals surface area (Å²) in [5.41, 5.74) is -1.03. The third-order valence-electron chi connectivity index (χ3n) is 6.64. The van der Waals surface area contributed by atoms with Gasteiger partial charge < -0.3 is 25.5 Å². The average Bonchev–Trinajstić information content (AvgIpc) is 2.86. The van der Waals surface area contributed by atoms with Gasteiger partial charge in [-0.3, -0.25) is 4.79 Å². The first-order valence-electron chi connectivity index (χ1n) is 12.7. The molecule has 0 saturated carbocycles. The fourth-order valence-corrected chi connectivity index (χ4v) is 4.64. The summed E-state index contributed by atoms with van der Waals surface area (Å²) in [5.74, 6) is -3.62. The van der Waals surface area contributed by atoms with E-state index in [9.17, 15) is 23.1 Å². The van der Waals surface area contributed by atoms with E-state index in [1.165, 1.54) is 23.1 Å². The van der Waals surface area contributed by atoms with Crippen molar-refractivity contribution < 1.29 is 23.1 Å². The highest BCUT2D eigenvalue weighted by Crippen LogP contribution is 2.31. The van der Waals surface area contributed by atoms with Crippen molar-refractivity contribution in [2.45, 2.75) is 52.2 Å². The summed E-state index contributed by atoms with van der Waals surface area (Å²) >= 11 is 0. The quantitative estimate of drug-likeness (QED) is 0.518. The highest BCUT2D eigenvalue weighted by molar-refractivity contribution is 6.01. The van der Waals surface area contributed by atoms with Crippen LogP contribution in [0.5, 0.6) is 0 Å². The number of carbonyl (C=O) groups is 1. The number of aliphatic hydroxyl groups is 1. The molecule has 1 amide bonds. The molecule has 2 heterocycles. The maximum absolute atomic E-state index is 14.7. The molecule has 2 saturated heterocycles. The molecule has 2 aliphatic heterocycles. The molecular weight excluding hydrogens is 469 g/mol. The van der Waals surface area contributed by atoms with Gasteiger partial charge in [0, 0.05) is 19.1 Å². The lowest BCUT2D eigenvalue weighted by Crippen LogP contribution is -2.68. The number of anilines is 2. The summed E-state index contributed by atoms with van der Waals surface area (Å²) in [6, 6.07) is 6.62. The maximum Gasteiger partial charge on any atom is 0.256 e. The molecule has 9 heteroatoms. The fourth-order valence-electron chi connectivity index (χ4n) is 4.64. The first-order chi connectivity index (χ1) is 17.2. The Morgan fingerprint density at radius 2 is 1.86 bits per heavy atom. The van der Waals surface area contributed by atoms with Crippen molar-refractivity contribution in [2.24, 2.45) is 0 Å². The van der Waals surface area contributed by atoms with Crippen LogP contribution in [0.15, 0.2) is 30.3 Å². The van der Waals surface area contributed by atoms with Crippen LogP contribution in [0.1, 0.15) is 49.5 Å². The van der Waals surface area contributed by atoms with E-state index < -0.39 is 34.6 Å². The van der Waals surface area contributed by atoms with E-state index in [2.05, 4.69) is 22.5 Å². The number of likely N-dealkylation sites (N-methyl/N-ethyl adjacent to an activating group) is 1. The Morgan fingerprint density at radius 1 is 1.14 bits per heavy atom. The largest absolute Gasteiger partial charge is 0.385 e. The molecule has 2 aliphatic rings. The number of rotatable bonds is 7. The van der Waals surface area contributed by atoms with Crippen LogP contribution in [-0.2, 0) is 0 Å². The number of amides is 1. The van der Waals surface area contributed by atoms with Crippen molar-refractivity contribution in [1.82, 2.24) is 15.1 Å². The molecule has 1 atom stereocenters. The van der Waals surface area contributed by atoms with Gasteiger partial charge in [0.05, 0.1) is 30.0 Å². The number of nitrogens with one attached hydrogen (secondary N) is 2. The van der Waals surface area contributed by atoms with Crippen LogP contribution in [0.2, 0.25) is 0 Å². The zero-order valence-corrected chi connectivity index (χ0v) is 21.5. The molecule has 0 aliphatic carbocycles. The lowest BCUT2D eigenvalue weighted by molar-refractivity contribution is -0.0806. The Kier molecular flexibility index (Phi) is 9.38. The second-order valence-corrected chi connectivity index (χ2v) is 9.39. The summed E-state index contributed by atoms with van der Waals surface area (Å²) in [6.45, 7) is 11.3. The van der Waals surface area contributed by atoms with Crippen LogP contribution in [0, 0.1) is 24.4 Å². The SMILES string of the molecule is CC.CCN1CCCC(NCC2(O)CN(C(=O)c3ccc(F)c(F)c3Nc3ccc(C)cc3F)C2)C1. The Morgan fingerprint density at radius 3 is 2.53 bits per heavy atom. The van der Waals surface area contributed by atoms with Crippen LogP contribution >= 0.6 is 0 Å². The third-order valence-corrected chi connectivity index (χ3v) is 6.64. The minimum atomic E-state index is -1.26. The number of hydrogen-bond donors (Lipinski definition) is 3.